The number of ether oxygens (including phenoxy) is 2. The average molecular weight is 1030 g/mol. The molecule has 6 heterocycles. The zero-order valence-corrected chi connectivity index (χ0v) is 43.6. The van der Waals surface area contributed by atoms with E-state index in [0.29, 0.717) is 41.6 Å². The minimum absolute atomic E-state index is 0.0230. The second-order valence-electron chi connectivity index (χ2n) is 20.2. The minimum atomic E-state index is -1.19. The summed E-state index contributed by atoms with van der Waals surface area (Å²) in [6.45, 7) is 18.9. The molecule has 2 saturated heterocycles. The van der Waals surface area contributed by atoms with Crippen LogP contribution in [0.25, 0.3) is 27.3 Å². The average Bonchev–Trinajstić information content (AvgIpc) is 4.07. The number of thiazole rings is 1. The number of aliphatic hydroxyl groups is 2. The number of benzene rings is 2. The molecule has 0 saturated carbocycles. The third-order valence-electron chi connectivity index (χ3n) is 13.1. The number of aliphatic hydroxyl groups excluding tert-OH is 1. The summed E-state index contributed by atoms with van der Waals surface area (Å²) < 4.78 is 14.4. The molecule has 3 amide bonds. The first kappa shape index (κ1) is 53.4. The van der Waals surface area contributed by atoms with Crippen molar-refractivity contribution in [3.63, 3.8) is 0 Å². The van der Waals surface area contributed by atoms with Crippen molar-refractivity contribution in [1.29, 1.82) is 0 Å². The van der Waals surface area contributed by atoms with Crippen LogP contribution in [-0.2, 0) is 42.5 Å². The van der Waals surface area contributed by atoms with Gasteiger partial charge in [0.1, 0.15) is 36.5 Å². The highest BCUT2D eigenvalue weighted by molar-refractivity contribution is 7.13. The van der Waals surface area contributed by atoms with Crippen LogP contribution in [-0.4, -0.2) is 144 Å². The molecule has 2 aliphatic rings. The number of nitrogens with one attached hydrogen (secondary N) is 3. The van der Waals surface area contributed by atoms with Gasteiger partial charge < -0.3 is 45.4 Å². The number of pyridine rings is 1. The zero-order valence-electron chi connectivity index (χ0n) is 42.8. The van der Waals surface area contributed by atoms with Crippen molar-refractivity contribution in [3.8, 4) is 16.3 Å². The largest absolute Gasteiger partial charge is 0.391 e. The maximum Gasteiger partial charge on any atom is 0.278 e. The quantitative estimate of drug-likeness (QED) is 0.0403. The highest BCUT2D eigenvalue weighted by atomic mass is 32.1. The summed E-state index contributed by atoms with van der Waals surface area (Å²) in [5.74, 6) is -0.602. The molecule has 5 N–H and O–H groups in total. The van der Waals surface area contributed by atoms with E-state index in [1.54, 1.807) is 54.1 Å². The highest BCUT2D eigenvalue weighted by Crippen LogP contribution is 2.29. The summed E-state index contributed by atoms with van der Waals surface area (Å²) in [6.07, 6.45) is 2.33. The molecule has 6 aromatic rings. The number of nitrogens with zero attached hydrogens (tertiary/aromatic N) is 9. The number of likely N-dealkylation sites (tertiary alicyclic amines) is 1. The molecule has 0 aliphatic carbocycles. The minimum Gasteiger partial charge on any atom is -0.391 e. The van der Waals surface area contributed by atoms with Crippen LogP contribution >= 0.6 is 11.3 Å². The first-order valence-electron chi connectivity index (χ1n) is 24.7. The number of hydrogen-bond donors (Lipinski definition) is 5. The molecule has 3 atom stereocenters. The Kier molecular flexibility index (Phi) is 16.7. The predicted molar refractivity (Wildman–Crippen MR) is 283 cm³/mol. The molecule has 0 spiro atoms. The number of fused-ring (bicyclic) bond motifs is 1. The number of carbonyl (C=O) groups excluding carboxylic acids is 3. The van der Waals surface area contributed by atoms with Gasteiger partial charge in [-0.1, -0.05) is 57.2 Å². The van der Waals surface area contributed by atoms with Crippen molar-refractivity contribution in [1.82, 2.24) is 49.7 Å². The van der Waals surface area contributed by atoms with Crippen molar-refractivity contribution in [3.05, 3.63) is 118 Å². The van der Waals surface area contributed by atoms with Gasteiger partial charge in [-0.05, 0) is 73.7 Å². The third kappa shape index (κ3) is 12.7. The number of β-amino-alcohol motifs (C(OH)–C–C–N with tert-alkyl or cyclic N) is 1. The molecule has 20 nitrogen and oxygen atoms in total. The number of piperazine rings is 1. The molecular weight excluding hydrogens is 965 g/mol. The number of aromatic nitrogens is 6. The van der Waals surface area contributed by atoms with Crippen molar-refractivity contribution < 1.29 is 34.1 Å². The van der Waals surface area contributed by atoms with Crippen LogP contribution in [0.5, 0.6) is 0 Å². The summed E-state index contributed by atoms with van der Waals surface area (Å²) in [5.41, 5.74) is 5.16. The molecule has 2 fully saturated rings. The van der Waals surface area contributed by atoms with Crippen LogP contribution in [0.1, 0.15) is 58.0 Å². The van der Waals surface area contributed by atoms with Gasteiger partial charge in [0, 0.05) is 69.8 Å². The highest BCUT2D eigenvalue weighted by Gasteiger charge is 2.44. The molecule has 4 aromatic heterocycles. The summed E-state index contributed by atoms with van der Waals surface area (Å²) in [5, 5.41) is 30.6. The molecule has 392 valence electrons. The molecule has 74 heavy (non-hydrogen) atoms. The van der Waals surface area contributed by atoms with Crippen LogP contribution in [0, 0.1) is 12.3 Å². The second kappa shape index (κ2) is 23.1. The molecule has 2 aliphatic heterocycles. The summed E-state index contributed by atoms with van der Waals surface area (Å²) in [7, 11) is 0. The Morgan fingerprint density at radius 2 is 1.70 bits per heavy atom. The first-order chi connectivity index (χ1) is 35.4. The second-order valence-corrected chi connectivity index (χ2v) is 21.0. The number of amides is 3. The van der Waals surface area contributed by atoms with E-state index in [9.17, 15) is 29.4 Å². The van der Waals surface area contributed by atoms with E-state index in [1.807, 2.05) is 81.7 Å². The lowest BCUT2D eigenvalue weighted by Gasteiger charge is -2.36. The van der Waals surface area contributed by atoms with Gasteiger partial charge in [-0.3, -0.25) is 24.1 Å². The van der Waals surface area contributed by atoms with Gasteiger partial charge >= 0.3 is 0 Å². The van der Waals surface area contributed by atoms with Crippen LogP contribution in [0.3, 0.4) is 0 Å². The molecule has 0 bridgehead atoms. The smallest absolute Gasteiger partial charge is 0.278 e. The fourth-order valence-electron chi connectivity index (χ4n) is 9.03. The lowest BCUT2D eigenvalue weighted by molar-refractivity contribution is -0.145. The fourth-order valence-corrected chi connectivity index (χ4v) is 9.85. The van der Waals surface area contributed by atoms with Gasteiger partial charge in [0.2, 0.25) is 23.7 Å². The van der Waals surface area contributed by atoms with Gasteiger partial charge in [-0.15, -0.1) is 17.9 Å². The number of hydrogen-bond acceptors (Lipinski definition) is 16. The summed E-state index contributed by atoms with van der Waals surface area (Å²) >= 11 is 1.57. The van der Waals surface area contributed by atoms with E-state index in [-0.39, 0.29) is 50.9 Å². The lowest BCUT2D eigenvalue weighted by atomic mass is 9.85. The lowest BCUT2D eigenvalue weighted by Crippen LogP contribution is -2.58. The zero-order chi connectivity index (χ0) is 52.7. The van der Waals surface area contributed by atoms with Gasteiger partial charge in [-0.2, -0.15) is 4.98 Å². The van der Waals surface area contributed by atoms with Crippen molar-refractivity contribution in [2.45, 2.75) is 84.8 Å². The molecule has 2 aromatic carbocycles. The summed E-state index contributed by atoms with van der Waals surface area (Å²) in [4.78, 5) is 79.3. The van der Waals surface area contributed by atoms with Gasteiger partial charge in [0.25, 0.3) is 5.56 Å². The Morgan fingerprint density at radius 1 is 0.959 bits per heavy atom. The van der Waals surface area contributed by atoms with Gasteiger partial charge in [0.15, 0.2) is 11.5 Å². The normalized spacial score (nSPS) is 16.9. The number of carbonyl (C=O) groups is 3. The van der Waals surface area contributed by atoms with Gasteiger partial charge in [0.05, 0.1) is 41.0 Å². The van der Waals surface area contributed by atoms with Crippen LogP contribution in [0.4, 0.5) is 17.3 Å². The third-order valence-corrected chi connectivity index (χ3v) is 14.1. The molecular formula is C53H66N12O8S. The van der Waals surface area contributed by atoms with Crippen molar-refractivity contribution in [2.75, 3.05) is 69.5 Å². The summed E-state index contributed by atoms with van der Waals surface area (Å²) in [6, 6.07) is 19.2. The molecule has 0 unspecified atom stereocenters. The van der Waals surface area contributed by atoms with Crippen LogP contribution in [0.2, 0.25) is 0 Å². The van der Waals surface area contributed by atoms with Crippen molar-refractivity contribution in [2.24, 2.45) is 5.41 Å². The van der Waals surface area contributed by atoms with Crippen molar-refractivity contribution >= 4 is 57.4 Å². The molecule has 8 rings (SSSR count). The topological polar surface area (TPSA) is 234 Å². The van der Waals surface area contributed by atoms with Crippen LogP contribution in [0.15, 0.2) is 95.9 Å². The Balaban J connectivity index is 0.756. The Bertz CT molecular complexity index is 2990. The molecule has 0 radical (unpaired) electrons. The first-order valence-corrected chi connectivity index (χ1v) is 25.6. The number of aryl methyl sites for hydroxylation is 1. The Morgan fingerprint density at radius 3 is 2.38 bits per heavy atom. The molecule has 21 heteroatoms. The Hall–Kier alpha value is -6.88. The maximum atomic E-state index is 14.0. The number of allylic oxidation sites excluding steroid dienone is 1. The van der Waals surface area contributed by atoms with E-state index in [4.69, 9.17) is 14.5 Å². The Labute approximate surface area is 434 Å². The fraction of sp³-hybridized carbons (Fsp3) is 0.434. The standard InChI is InChI=1S/C53H66N12O8S/c1-8-20-64-49(69)40-29-55-51(60-47(40)65(64)43-11-9-10-42(58-43)53(6,7)71)57-37-16-18-38(19-17-37)62-23-21-61(22-24-62)25-26-72-33-73-31-44(67)59-46(52(3,4)5)50(70)63-30-39(66)27-41(63)48(68)54-28-35-12-14-36(15-13-35)45-34(2)56-32-74-45/h8-19,29,32,39,41,46,66,71H,1,20-28,30-31,33H2,2-7H3,(H,54,68)(H,59,67)(H,55,57,60)/t39-,41+,46-/m1/s1. The maximum absolute atomic E-state index is 14.0. The number of rotatable bonds is 20. The predicted octanol–water partition coefficient (Wildman–Crippen LogP) is 4.49. The van der Waals surface area contributed by atoms with E-state index in [2.05, 4.69) is 47.3 Å². The number of anilines is 3. The van der Waals surface area contributed by atoms with Gasteiger partial charge in [-0.25, -0.2) is 24.3 Å². The van der Waals surface area contributed by atoms with E-state index in [0.717, 1.165) is 59.3 Å². The van der Waals surface area contributed by atoms with E-state index in [1.165, 1.54) is 15.8 Å². The van der Waals surface area contributed by atoms with E-state index < -0.39 is 41.0 Å². The van der Waals surface area contributed by atoms with E-state index >= 15 is 0 Å². The monoisotopic (exact) mass is 1030 g/mol. The van der Waals surface area contributed by atoms with Crippen LogP contribution < -0.4 is 26.4 Å². The SMILES string of the molecule is C=CCn1c(=O)c2cnc(Nc3ccc(N4CCN(CCOCOCC(=O)N[C@H](C(=O)N5C[C@H](O)C[C@H]5C(=O)NCc5ccc(-c6scnc6C)cc5)C(C)(C)C)CC4)cc3)nc2n1-c1cccc(C(C)(C)O)n1.